The predicted octanol–water partition coefficient (Wildman–Crippen LogP) is 1.01. The summed E-state index contributed by atoms with van der Waals surface area (Å²) >= 11 is 0. The van der Waals surface area contributed by atoms with E-state index in [0.29, 0.717) is 12.6 Å². The van der Waals surface area contributed by atoms with Crippen LogP contribution in [0, 0.1) is 5.92 Å². The highest BCUT2D eigenvalue weighted by Gasteiger charge is 2.37. The van der Waals surface area contributed by atoms with Crippen molar-refractivity contribution in [1.82, 2.24) is 25.0 Å². The lowest BCUT2D eigenvalue weighted by atomic mass is 10.2. The minimum atomic E-state index is 0.598. The summed E-state index contributed by atoms with van der Waals surface area (Å²) in [5.41, 5.74) is 0. The summed E-state index contributed by atoms with van der Waals surface area (Å²) < 4.78 is 1.79. The predicted molar refractivity (Wildman–Crippen MR) is 75.8 cm³/mol. The number of hydrogen-bond donors (Lipinski definition) is 1. The molecule has 0 aliphatic heterocycles. The highest BCUT2D eigenvalue weighted by molar-refractivity contribution is 5.80. The van der Waals surface area contributed by atoms with Crippen LogP contribution in [0.5, 0.6) is 0 Å². The van der Waals surface area contributed by atoms with Crippen molar-refractivity contribution < 1.29 is 0 Å². The monoisotopic (exact) mass is 264 g/mol. The van der Waals surface area contributed by atoms with Gasteiger partial charge in [-0.2, -0.15) is 5.10 Å². The lowest BCUT2D eigenvalue weighted by Crippen LogP contribution is -2.40. The summed E-state index contributed by atoms with van der Waals surface area (Å²) in [6.45, 7) is 2.95. The van der Waals surface area contributed by atoms with Crippen molar-refractivity contribution in [3.63, 3.8) is 0 Å². The number of rotatable bonds is 5. The Hall–Kier alpha value is -1.59. The molecule has 19 heavy (non-hydrogen) atoms. The molecule has 1 aliphatic carbocycles. The zero-order valence-corrected chi connectivity index (χ0v) is 12.3. The second-order valence-electron chi connectivity index (χ2n) is 5.24. The SMILES string of the molecule is CCCC1CC1NC(=NC)N(C)Cc1ncnn1C. The van der Waals surface area contributed by atoms with Gasteiger partial charge >= 0.3 is 0 Å². The summed E-state index contributed by atoms with van der Waals surface area (Å²) in [5, 5.41) is 7.61. The van der Waals surface area contributed by atoms with E-state index >= 15 is 0 Å². The standard InChI is InChI=1S/C13H24N6/c1-5-6-10-7-11(10)17-13(14-2)18(3)8-12-15-9-16-19(12)4/h9-11H,5-8H2,1-4H3,(H,14,17). The molecule has 0 amide bonds. The maximum absolute atomic E-state index is 4.35. The van der Waals surface area contributed by atoms with E-state index in [4.69, 9.17) is 0 Å². The summed E-state index contributed by atoms with van der Waals surface area (Å²) in [7, 11) is 5.76. The minimum absolute atomic E-state index is 0.598. The van der Waals surface area contributed by atoms with Gasteiger partial charge in [-0.3, -0.25) is 9.67 Å². The molecule has 6 nitrogen and oxygen atoms in total. The van der Waals surface area contributed by atoms with Crippen molar-refractivity contribution in [2.45, 2.75) is 38.8 Å². The Morgan fingerprint density at radius 2 is 2.42 bits per heavy atom. The molecule has 0 radical (unpaired) electrons. The molecule has 1 N–H and O–H groups in total. The first-order chi connectivity index (χ1) is 9.15. The quantitative estimate of drug-likeness (QED) is 0.637. The Bertz CT molecular complexity index is 438. The molecule has 0 aromatic carbocycles. The normalized spacial score (nSPS) is 22.4. The zero-order valence-electron chi connectivity index (χ0n) is 12.3. The van der Waals surface area contributed by atoms with E-state index in [1.165, 1.54) is 19.3 Å². The van der Waals surface area contributed by atoms with Gasteiger partial charge in [0.15, 0.2) is 5.96 Å². The smallest absolute Gasteiger partial charge is 0.194 e. The topological polar surface area (TPSA) is 58.3 Å². The first-order valence-corrected chi connectivity index (χ1v) is 6.93. The first kappa shape index (κ1) is 13.8. The second-order valence-corrected chi connectivity index (χ2v) is 5.24. The van der Waals surface area contributed by atoms with Crippen molar-refractivity contribution >= 4 is 5.96 Å². The molecule has 2 unspecified atom stereocenters. The summed E-state index contributed by atoms with van der Waals surface area (Å²) in [5.74, 6) is 2.70. The molecule has 0 bridgehead atoms. The van der Waals surface area contributed by atoms with Crippen molar-refractivity contribution in [3.8, 4) is 0 Å². The third kappa shape index (κ3) is 3.45. The Morgan fingerprint density at radius 3 is 3.00 bits per heavy atom. The number of nitrogens with zero attached hydrogens (tertiary/aromatic N) is 5. The van der Waals surface area contributed by atoms with Crippen LogP contribution in [0.15, 0.2) is 11.3 Å². The minimum Gasteiger partial charge on any atom is -0.353 e. The van der Waals surface area contributed by atoms with Crippen LogP contribution in [0.25, 0.3) is 0 Å². The fourth-order valence-electron chi connectivity index (χ4n) is 2.38. The molecule has 1 heterocycles. The van der Waals surface area contributed by atoms with Gasteiger partial charge < -0.3 is 10.2 Å². The number of guanidine groups is 1. The van der Waals surface area contributed by atoms with E-state index in [2.05, 4.69) is 32.2 Å². The van der Waals surface area contributed by atoms with Crippen LogP contribution in [-0.4, -0.2) is 45.8 Å². The lowest BCUT2D eigenvalue weighted by Gasteiger charge is -2.21. The number of hydrogen-bond acceptors (Lipinski definition) is 3. The van der Waals surface area contributed by atoms with Crippen molar-refractivity contribution in [2.24, 2.45) is 18.0 Å². The van der Waals surface area contributed by atoms with Gasteiger partial charge in [0.05, 0.1) is 6.54 Å². The molecule has 1 aliphatic rings. The maximum atomic E-state index is 4.35. The molecular weight excluding hydrogens is 240 g/mol. The number of aliphatic imine (C=N–C) groups is 1. The molecule has 0 spiro atoms. The van der Waals surface area contributed by atoms with Crippen LogP contribution < -0.4 is 5.32 Å². The maximum Gasteiger partial charge on any atom is 0.194 e. The van der Waals surface area contributed by atoms with E-state index in [9.17, 15) is 0 Å². The third-order valence-electron chi connectivity index (χ3n) is 3.65. The molecule has 1 aromatic rings. The van der Waals surface area contributed by atoms with Gasteiger partial charge in [0, 0.05) is 27.2 Å². The Kier molecular flexibility index (Phi) is 4.39. The van der Waals surface area contributed by atoms with Crippen LogP contribution in [0.2, 0.25) is 0 Å². The van der Waals surface area contributed by atoms with Gasteiger partial charge in [0.1, 0.15) is 12.2 Å². The second kappa shape index (κ2) is 6.04. The van der Waals surface area contributed by atoms with E-state index in [1.807, 2.05) is 21.1 Å². The van der Waals surface area contributed by atoms with Gasteiger partial charge in [-0.1, -0.05) is 13.3 Å². The number of nitrogens with one attached hydrogen (secondary N) is 1. The van der Waals surface area contributed by atoms with Gasteiger partial charge in [-0.25, -0.2) is 4.98 Å². The Labute approximate surface area is 114 Å². The summed E-state index contributed by atoms with van der Waals surface area (Å²) in [6.07, 6.45) is 5.42. The molecule has 106 valence electrons. The van der Waals surface area contributed by atoms with Gasteiger partial charge in [0.2, 0.25) is 0 Å². The zero-order chi connectivity index (χ0) is 13.8. The van der Waals surface area contributed by atoms with Crippen LogP contribution in [-0.2, 0) is 13.6 Å². The summed E-state index contributed by atoms with van der Waals surface area (Å²) in [4.78, 5) is 10.7. The van der Waals surface area contributed by atoms with Crippen LogP contribution >= 0.6 is 0 Å². The average Bonchev–Trinajstić information content (AvgIpc) is 3.00. The van der Waals surface area contributed by atoms with Crippen molar-refractivity contribution in [1.29, 1.82) is 0 Å². The number of aryl methyl sites for hydroxylation is 1. The van der Waals surface area contributed by atoms with Crippen molar-refractivity contribution in [3.05, 3.63) is 12.2 Å². The summed E-state index contributed by atoms with van der Waals surface area (Å²) in [6, 6.07) is 0.598. The van der Waals surface area contributed by atoms with Crippen LogP contribution in [0.1, 0.15) is 32.0 Å². The van der Waals surface area contributed by atoms with Crippen LogP contribution in [0.3, 0.4) is 0 Å². The molecule has 1 saturated carbocycles. The highest BCUT2D eigenvalue weighted by Crippen LogP contribution is 2.34. The first-order valence-electron chi connectivity index (χ1n) is 6.93. The largest absolute Gasteiger partial charge is 0.353 e. The molecule has 1 fully saturated rings. The molecule has 6 heteroatoms. The van der Waals surface area contributed by atoms with E-state index < -0.39 is 0 Å². The lowest BCUT2D eigenvalue weighted by molar-refractivity contribution is 0.445. The van der Waals surface area contributed by atoms with E-state index in [1.54, 1.807) is 11.0 Å². The molecule has 2 atom stereocenters. The molecular formula is C13H24N6. The Balaban J connectivity index is 1.86. The highest BCUT2D eigenvalue weighted by atomic mass is 15.4. The van der Waals surface area contributed by atoms with Crippen LogP contribution in [0.4, 0.5) is 0 Å². The Morgan fingerprint density at radius 1 is 1.63 bits per heavy atom. The molecule has 1 aromatic heterocycles. The third-order valence-corrected chi connectivity index (χ3v) is 3.65. The fraction of sp³-hybridized carbons (Fsp3) is 0.769. The van der Waals surface area contributed by atoms with Gasteiger partial charge in [0.25, 0.3) is 0 Å². The van der Waals surface area contributed by atoms with E-state index in [0.717, 1.165) is 17.7 Å². The van der Waals surface area contributed by atoms with Gasteiger partial charge in [-0.15, -0.1) is 0 Å². The fourth-order valence-corrected chi connectivity index (χ4v) is 2.38. The number of aromatic nitrogens is 3. The average molecular weight is 264 g/mol. The van der Waals surface area contributed by atoms with Gasteiger partial charge in [-0.05, 0) is 18.8 Å². The van der Waals surface area contributed by atoms with E-state index in [-0.39, 0.29) is 0 Å². The molecule has 2 rings (SSSR count). The van der Waals surface area contributed by atoms with Crippen molar-refractivity contribution in [2.75, 3.05) is 14.1 Å². The molecule has 0 saturated heterocycles.